The van der Waals surface area contributed by atoms with Crippen molar-refractivity contribution in [2.24, 2.45) is 0 Å². The zero-order chi connectivity index (χ0) is 37.7. The molecule has 11 rings (SSSR count). The molecule has 11 aromatic rings. The van der Waals surface area contributed by atoms with E-state index in [1.807, 2.05) is 0 Å². The Kier molecular flexibility index (Phi) is 7.82. The topological polar surface area (TPSA) is 21.3 Å². The highest BCUT2D eigenvalue weighted by atomic mass is 16.3. The lowest BCUT2D eigenvalue weighted by molar-refractivity contribution is 0.673. The number of hydrogen-bond acceptors (Lipinski definition) is 2. The third-order valence-corrected chi connectivity index (χ3v) is 11.2. The van der Waals surface area contributed by atoms with Gasteiger partial charge < -0.3 is 13.9 Å². The van der Waals surface area contributed by atoms with Gasteiger partial charge in [-0.1, -0.05) is 146 Å². The number of anilines is 3. The van der Waals surface area contributed by atoms with Crippen molar-refractivity contribution in [2.45, 2.75) is 0 Å². The highest BCUT2D eigenvalue weighted by Gasteiger charge is 2.20. The molecule has 0 unspecified atom stereocenters. The van der Waals surface area contributed by atoms with Gasteiger partial charge in [0, 0.05) is 45.0 Å². The minimum atomic E-state index is 0.854. The first-order valence-electron chi connectivity index (χ1n) is 19.4. The van der Waals surface area contributed by atoms with Gasteiger partial charge in [-0.3, -0.25) is 0 Å². The van der Waals surface area contributed by atoms with Crippen molar-refractivity contribution in [3.05, 3.63) is 218 Å². The Bertz CT molecular complexity index is 3180. The van der Waals surface area contributed by atoms with Gasteiger partial charge in [0.25, 0.3) is 0 Å². The normalized spacial score (nSPS) is 11.5. The molecule has 9 aromatic carbocycles. The second kappa shape index (κ2) is 13.6. The molecule has 0 saturated heterocycles. The Morgan fingerprint density at radius 1 is 0.333 bits per heavy atom. The molecular weight excluding hydrogens is 693 g/mol. The number of hydrogen-bond donors (Lipinski definition) is 0. The van der Waals surface area contributed by atoms with Crippen LogP contribution in [0, 0.1) is 0 Å². The van der Waals surface area contributed by atoms with Gasteiger partial charge in [-0.05, 0) is 100 Å². The minimum absolute atomic E-state index is 0.854. The second-order valence-electron chi connectivity index (χ2n) is 14.5. The van der Waals surface area contributed by atoms with Crippen LogP contribution in [0.15, 0.2) is 223 Å². The molecule has 0 saturated carbocycles. The maximum absolute atomic E-state index is 6.94. The first-order valence-corrected chi connectivity index (χ1v) is 19.4. The van der Waals surface area contributed by atoms with Crippen LogP contribution in [0.3, 0.4) is 0 Å². The van der Waals surface area contributed by atoms with Crippen LogP contribution in [0.5, 0.6) is 0 Å². The monoisotopic (exact) mass is 728 g/mol. The van der Waals surface area contributed by atoms with Gasteiger partial charge in [-0.15, -0.1) is 0 Å². The molecule has 0 fully saturated rings. The Labute approximate surface area is 330 Å². The molecule has 0 aliphatic heterocycles. The number of rotatable bonds is 7. The van der Waals surface area contributed by atoms with Crippen molar-refractivity contribution in [3.63, 3.8) is 0 Å². The number of fused-ring (bicyclic) bond motifs is 7. The van der Waals surface area contributed by atoms with Crippen molar-refractivity contribution in [1.82, 2.24) is 4.57 Å². The Balaban J connectivity index is 1.03. The lowest BCUT2D eigenvalue weighted by Gasteiger charge is -2.26. The smallest absolute Gasteiger partial charge is 0.145 e. The van der Waals surface area contributed by atoms with Crippen molar-refractivity contribution >= 4 is 60.8 Å². The van der Waals surface area contributed by atoms with E-state index >= 15 is 0 Å². The minimum Gasteiger partial charge on any atom is -0.455 e. The maximum Gasteiger partial charge on any atom is 0.145 e. The summed E-state index contributed by atoms with van der Waals surface area (Å²) in [6.45, 7) is 0. The Hall–Kier alpha value is -7.62. The number of furan rings is 1. The maximum atomic E-state index is 6.94. The van der Waals surface area contributed by atoms with E-state index in [4.69, 9.17) is 4.42 Å². The predicted molar refractivity (Wildman–Crippen MR) is 239 cm³/mol. The fourth-order valence-corrected chi connectivity index (χ4v) is 8.44. The van der Waals surface area contributed by atoms with Crippen LogP contribution in [-0.4, -0.2) is 4.57 Å². The molecule has 2 heterocycles. The van der Waals surface area contributed by atoms with Gasteiger partial charge in [0.1, 0.15) is 11.2 Å². The summed E-state index contributed by atoms with van der Waals surface area (Å²) in [6, 6.07) is 77.9. The molecule has 57 heavy (non-hydrogen) atoms. The Morgan fingerprint density at radius 3 is 1.37 bits per heavy atom. The number of aromatic nitrogens is 1. The van der Waals surface area contributed by atoms with Crippen LogP contribution < -0.4 is 4.90 Å². The molecule has 268 valence electrons. The lowest BCUT2D eigenvalue weighted by Crippen LogP contribution is -2.09. The second-order valence-corrected chi connectivity index (χ2v) is 14.5. The van der Waals surface area contributed by atoms with Gasteiger partial charge >= 0.3 is 0 Å². The van der Waals surface area contributed by atoms with Gasteiger partial charge in [0.2, 0.25) is 0 Å². The molecule has 0 bridgehead atoms. The highest BCUT2D eigenvalue weighted by Crippen LogP contribution is 2.43. The summed E-state index contributed by atoms with van der Waals surface area (Å²) in [7, 11) is 0. The average Bonchev–Trinajstić information content (AvgIpc) is 3.83. The van der Waals surface area contributed by atoms with Gasteiger partial charge in [-0.2, -0.15) is 0 Å². The largest absolute Gasteiger partial charge is 0.455 e. The van der Waals surface area contributed by atoms with Crippen LogP contribution in [0.4, 0.5) is 17.1 Å². The molecular formula is C54H36N2O. The van der Waals surface area contributed by atoms with Crippen LogP contribution in [0.25, 0.3) is 82.8 Å². The molecule has 2 aromatic heterocycles. The van der Waals surface area contributed by atoms with E-state index in [9.17, 15) is 0 Å². The zero-order valence-corrected chi connectivity index (χ0v) is 31.1. The lowest BCUT2D eigenvalue weighted by atomic mass is 10.00. The molecule has 0 atom stereocenters. The summed E-state index contributed by atoms with van der Waals surface area (Å²) >= 11 is 0. The first kappa shape index (κ1) is 32.8. The molecule has 3 nitrogen and oxygen atoms in total. The predicted octanol–water partition coefficient (Wildman–Crippen LogP) is 15.2. The zero-order valence-electron chi connectivity index (χ0n) is 31.1. The number of para-hydroxylation sites is 2. The van der Waals surface area contributed by atoms with E-state index in [-0.39, 0.29) is 0 Å². The van der Waals surface area contributed by atoms with Crippen LogP contribution >= 0.6 is 0 Å². The summed E-state index contributed by atoms with van der Waals surface area (Å²) in [5, 5.41) is 4.52. The standard InChI is InChI=1S/C54H36N2O/c1-4-12-37(13-5-1)39-20-22-40(23-21-39)42-26-30-45(31-27-42)55(44-28-24-41(25-29-44)38-14-6-2-7-15-38)46-32-33-47-48-34-35-51-53(54(48)57-52(47)36-46)49-18-10-11-19-50(49)56(51)43-16-8-3-9-17-43/h1-36H. The molecule has 0 aliphatic carbocycles. The summed E-state index contributed by atoms with van der Waals surface area (Å²) < 4.78 is 9.28. The van der Waals surface area contributed by atoms with Gasteiger partial charge in [0.15, 0.2) is 0 Å². The molecule has 0 aliphatic rings. The molecule has 0 radical (unpaired) electrons. The third-order valence-electron chi connectivity index (χ3n) is 11.2. The number of nitrogens with zero attached hydrogens (tertiary/aromatic N) is 2. The fourth-order valence-electron chi connectivity index (χ4n) is 8.44. The summed E-state index contributed by atoms with van der Waals surface area (Å²) in [6.07, 6.45) is 0. The first-order chi connectivity index (χ1) is 28.3. The Morgan fingerprint density at radius 2 is 0.789 bits per heavy atom. The fraction of sp³-hybridized carbons (Fsp3) is 0. The molecule has 0 amide bonds. The summed E-state index contributed by atoms with van der Waals surface area (Å²) in [4.78, 5) is 2.32. The quantitative estimate of drug-likeness (QED) is 0.163. The van der Waals surface area contributed by atoms with Crippen LogP contribution in [0.1, 0.15) is 0 Å². The van der Waals surface area contributed by atoms with Crippen molar-refractivity contribution in [3.8, 4) is 39.1 Å². The molecule has 0 spiro atoms. The summed E-state index contributed by atoms with van der Waals surface area (Å²) in [5.41, 5.74) is 15.5. The molecule has 0 N–H and O–H groups in total. The van der Waals surface area contributed by atoms with E-state index in [2.05, 4.69) is 228 Å². The average molecular weight is 729 g/mol. The SMILES string of the molecule is c1ccc(-c2ccc(-c3ccc(N(c4ccc(-c5ccccc5)cc4)c4ccc5c(c4)oc4c5ccc5c4c4ccccc4n5-c4ccccc4)cc3)cc2)cc1. The van der Waals surface area contributed by atoms with E-state index in [0.717, 1.165) is 61.1 Å². The van der Waals surface area contributed by atoms with Crippen LogP contribution in [0.2, 0.25) is 0 Å². The van der Waals surface area contributed by atoms with Gasteiger partial charge in [-0.25, -0.2) is 0 Å². The highest BCUT2D eigenvalue weighted by molar-refractivity contribution is 6.24. The van der Waals surface area contributed by atoms with Crippen molar-refractivity contribution in [1.29, 1.82) is 0 Å². The third kappa shape index (κ3) is 5.68. The van der Waals surface area contributed by atoms with Crippen molar-refractivity contribution < 1.29 is 4.42 Å². The van der Waals surface area contributed by atoms with Crippen molar-refractivity contribution in [2.75, 3.05) is 4.90 Å². The summed E-state index contributed by atoms with van der Waals surface area (Å²) in [5.74, 6) is 0. The molecule has 3 heteroatoms. The van der Waals surface area contributed by atoms with E-state index in [0.29, 0.717) is 0 Å². The van der Waals surface area contributed by atoms with E-state index in [1.54, 1.807) is 0 Å². The number of benzene rings is 9. The van der Waals surface area contributed by atoms with Gasteiger partial charge in [0.05, 0.1) is 16.4 Å². The van der Waals surface area contributed by atoms with Crippen LogP contribution in [-0.2, 0) is 0 Å². The van der Waals surface area contributed by atoms with E-state index in [1.165, 1.54) is 38.8 Å². The van der Waals surface area contributed by atoms with E-state index < -0.39 is 0 Å².